The molecule has 0 saturated heterocycles. The zero-order valence-electron chi connectivity index (χ0n) is 12.9. The molecule has 0 bridgehead atoms. The first kappa shape index (κ1) is 17.2. The van der Waals surface area contributed by atoms with Gasteiger partial charge in [0.1, 0.15) is 0 Å². The molecule has 0 heterocycles. The van der Waals surface area contributed by atoms with E-state index in [-0.39, 0.29) is 11.8 Å². The normalized spacial score (nSPS) is 10.6. The van der Waals surface area contributed by atoms with Gasteiger partial charge in [0.2, 0.25) is 5.91 Å². The van der Waals surface area contributed by atoms with Crippen molar-refractivity contribution in [3.8, 4) is 0 Å². The van der Waals surface area contributed by atoms with E-state index in [1.165, 1.54) is 0 Å². The summed E-state index contributed by atoms with van der Waals surface area (Å²) < 4.78 is 0. The minimum absolute atomic E-state index is 0.0784. The maximum Gasteiger partial charge on any atom is 0.335 e. The molecule has 21 heavy (non-hydrogen) atoms. The third-order valence-electron chi connectivity index (χ3n) is 3.59. The molecule has 0 saturated carbocycles. The standard InChI is InChI=1S/C17H25NO3/c1-3-7-14(8-4-2)16(19)18-12-11-13-9-5-6-10-15(13)17(20)21/h5-6,9-10,14H,3-4,7-8,11-12H2,1-2H3,(H,18,19)(H,20,21). The fourth-order valence-electron chi connectivity index (χ4n) is 2.52. The Balaban J connectivity index is 2.53. The lowest BCUT2D eigenvalue weighted by Crippen LogP contribution is -2.32. The zero-order valence-corrected chi connectivity index (χ0v) is 12.9. The fraction of sp³-hybridized carbons (Fsp3) is 0.529. The first-order chi connectivity index (χ1) is 10.1. The van der Waals surface area contributed by atoms with Crippen molar-refractivity contribution in [2.45, 2.75) is 46.0 Å². The molecule has 0 atom stereocenters. The van der Waals surface area contributed by atoms with Gasteiger partial charge in [-0.1, -0.05) is 44.9 Å². The van der Waals surface area contributed by atoms with Crippen LogP contribution in [0.2, 0.25) is 0 Å². The molecule has 4 nitrogen and oxygen atoms in total. The number of benzene rings is 1. The summed E-state index contributed by atoms with van der Waals surface area (Å²) in [7, 11) is 0. The lowest BCUT2D eigenvalue weighted by atomic mass is 9.97. The number of carbonyl (C=O) groups excluding carboxylic acids is 1. The Labute approximate surface area is 126 Å². The summed E-state index contributed by atoms with van der Waals surface area (Å²) in [5.74, 6) is -0.756. The summed E-state index contributed by atoms with van der Waals surface area (Å²) in [6.07, 6.45) is 4.36. The average molecular weight is 291 g/mol. The quantitative estimate of drug-likeness (QED) is 0.734. The van der Waals surface area contributed by atoms with E-state index < -0.39 is 5.97 Å². The molecule has 2 N–H and O–H groups in total. The smallest absolute Gasteiger partial charge is 0.335 e. The van der Waals surface area contributed by atoms with Crippen LogP contribution in [0.3, 0.4) is 0 Å². The van der Waals surface area contributed by atoms with Crippen LogP contribution in [0.15, 0.2) is 24.3 Å². The Morgan fingerprint density at radius 3 is 2.33 bits per heavy atom. The van der Waals surface area contributed by atoms with Crippen LogP contribution in [0.5, 0.6) is 0 Å². The van der Waals surface area contributed by atoms with Gasteiger partial charge in [0, 0.05) is 12.5 Å². The molecule has 1 aromatic rings. The summed E-state index contributed by atoms with van der Waals surface area (Å²) >= 11 is 0. The second-order valence-corrected chi connectivity index (χ2v) is 5.28. The topological polar surface area (TPSA) is 66.4 Å². The van der Waals surface area contributed by atoms with E-state index in [0.29, 0.717) is 18.5 Å². The Hall–Kier alpha value is -1.84. The first-order valence-corrected chi connectivity index (χ1v) is 7.69. The van der Waals surface area contributed by atoms with Gasteiger partial charge < -0.3 is 10.4 Å². The van der Waals surface area contributed by atoms with Crippen molar-refractivity contribution in [2.75, 3.05) is 6.54 Å². The van der Waals surface area contributed by atoms with E-state index in [9.17, 15) is 9.59 Å². The number of hydrogen-bond donors (Lipinski definition) is 2. The third-order valence-corrected chi connectivity index (χ3v) is 3.59. The van der Waals surface area contributed by atoms with Crippen molar-refractivity contribution < 1.29 is 14.7 Å². The molecule has 4 heteroatoms. The van der Waals surface area contributed by atoms with Gasteiger partial charge >= 0.3 is 5.97 Å². The molecule has 0 fully saturated rings. The minimum Gasteiger partial charge on any atom is -0.478 e. The number of carboxylic acids is 1. The van der Waals surface area contributed by atoms with E-state index in [2.05, 4.69) is 19.2 Å². The maximum absolute atomic E-state index is 12.1. The largest absolute Gasteiger partial charge is 0.478 e. The van der Waals surface area contributed by atoms with E-state index in [0.717, 1.165) is 31.2 Å². The van der Waals surface area contributed by atoms with Crippen molar-refractivity contribution >= 4 is 11.9 Å². The van der Waals surface area contributed by atoms with E-state index in [1.54, 1.807) is 18.2 Å². The second-order valence-electron chi connectivity index (χ2n) is 5.28. The summed E-state index contributed by atoms with van der Waals surface area (Å²) in [5.41, 5.74) is 1.07. The number of aromatic carboxylic acids is 1. The molecule has 0 aliphatic heterocycles. The lowest BCUT2D eigenvalue weighted by molar-refractivity contribution is -0.125. The summed E-state index contributed by atoms with van der Waals surface area (Å²) in [5, 5.41) is 12.1. The number of hydrogen-bond acceptors (Lipinski definition) is 2. The van der Waals surface area contributed by atoms with Crippen LogP contribution in [-0.2, 0) is 11.2 Å². The molecule has 0 aromatic heterocycles. The lowest BCUT2D eigenvalue weighted by Gasteiger charge is -2.15. The third kappa shape index (κ3) is 5.58. The van der Waals surface area contributed by atoms with Crippen molar-refractivity contribution in [1.82, 2.24) is 5.32 Å². The van der Waals surface area contributed by atoms with Crippen LogP contribution < -0.4 is 5.32 Å². The molecule has 0 radical (unpaired) electrons. The highest BCUT2D eigenvalue weighted by Gasteiger charge is 2.16. The van der Waals surface area contributed by atoms with Crippen LogP contribution in [0.25, 0.3) is 0 Å². The summed E-state index contributed by atoms with van der Waals surface area (Å²) in [6, 6.07) is 6.92. The van der Waals surface area contributed by atoms with Crippen LogP contribution in [-0.4, -0.2) is 23.5 Å². The van der Waals surface area contributed by atoms with Crippen LogP contribution in [0.1, 0.15) is 55.5 Å². The second kappa shape index (κ2) is 9.16. The van der Waals surface area contributed by atoms with Crippen LogP contribution in [0.4, 0.5) is 0 Å². The Kier molecular flexibility index (Phi) is 7.51. The predicted octanol–water partition coefficient (Wildman–Crippen LogP) is 3.26. The van der Waals surface area contributed by atoms with Crippen molar-refractivity contribution in [2.24, 2.45) is 5.92 Å². The van der Waals surface area contributed by atoms with Crippen LogP contribution in [0, 0.1) is 5.92 Å². The molecular formula is C17H25NO3. The Morgan fingerprint density at radius 2 is 1.76 bits per heavy atom. The molecule has 0 spiro atoms. The molecule has 116 valence electrons. The van der Waals surface area contributed by atoms with Gasteiger partial charge in [0.05, 0.1) is 5.56 Å². The molecule has 1 aromatic carbocycles. The van der Waals surface area contributed by atoms with Gasteiger partial charge in [-0.3, -0.25) is 4.79 Å². The van der Waals surface area contributed by atoms with E-state index in [4.69, 9.17) is 5.11 Å². The molecule has 0 unspecified atom stereocenters. The monoisotopic (exact) mass is 291 g/mol. The molecule has 1 amide bonds. The minimum atomic E-state index is -0.924. The van der Waals surface area contributed by atoms with E-state index >= 15 is 0 Å². The van der Waals surface area contributed by atoms with Crippen molar-refractivity contribution in [3.63, 3.8) is 0 Å². The van der Waals surface area contributed by atoms with E-state index in [1.807, 2.05) is 6.07 Å². The molecular weight excluding hydrogens is 266 g/mol. The fourth-order valence-corrected chi connectivity index (χ4v) is 2.52. The number of amides is 1. The van der Waals surface area contributed by atoms with Gasteiger partial charge in [0.15, 0.2) is 0 Å². The SMILES string of the molecule is CCCC(CCC)C(=O)NCCc1ccccc1C(=O)O. The van der Waals surface area contributed by atoms with Crippen LogP contribution >= 0.6 is 0 Å². The average Bonchev–Trinajstić information content (AvgIpc) is 2.47. The van der Waals surface area contributed by atoms with Gasteiger partial charge in [0.25, 0.3) is 0 Å². The summed E-state index contributed by atoms with van der Waals surface area (Å²) in [6.45, 7) is 4.64. The van der Waals surface area contributed by atoms with Gasteiger partial charge in [-0.15, -0.1) is 0 Å². The van der Waals surface area contributed by atoms with Crippen molar-refractivity contribution in [1.29, 1.82) is 0 Å². The number of nitrogens with one attached hydrogen (secondary N) is 1. The Bertz CT molecular complexity index is 465. The Morgan fingerprint density at radius 1 is 1.14 bits per heavy atom. The highest BCUT2D eigenvalue weighted by Crippen LogP contribution is 2.14. The molecule has 0 aliphatic carbocycles. The predicted molar refractivity (Wildman–Crippen MR) is 83.4 cm³/mol. The zero-order chi connectivity index (χ0) is 15.7. The first-order valence-electron chi connectivity index (χ1n) is 7.69. The van der Waals surface area contributed by atoms with Crippen molar-refractivity contribution in [3.05, 3.63) is 35.4 Å². The van der Waals surface area contributed by atoms with Gasteiger partial charge in [-0.25, -0.2) is 4.79 Å². The van der Waals surface area contributed by atoms with Gasteiger partial charge in [-0.05, 0) is 30.9 Å². The summed E-state index contributed by atoms with van der Waals surface area (Å²) in [4.78, 5) is 23.2. The molecule has 1 rings (SSSR count). The maximum atomic E-state index is 12.1. The number of carboxylic acid groups (broad SMARTS) is 1. The highest BCUT2D eigenvalue weighted by molar-refractivity contribution is 5.89. The highest BCUT2D eigenvalue weighted by atomic mass is 16.4. The number of rotatable bonds is 9. The number of carbonyl (C=O) groups is 2. The van der Waals surface area contributed by atoms with Gasteiger partial charge in [-0.2, -0.15) is 0 Å². The molecule has 0 aliphatic rings.